The summed E-state index contributed by atoms with van der Waals surface area (Å²) >= 11 is 10.8. The molecule has 0 saturated heterocycles. The van der Waals surface area contributed by atoms with Crippen molar-refractivity contribution in [1.82, 2.24) is 0 Å². The molecule has 0 unspecified atom stereocenters. The van der Waals surface area contributed by atoms with E-state index < -0.39 is 18.9 Å². The van der Waals surface area contributed by atoms with Gasteiger partial charge in [0.05, 0.1) is 0 Å². The van der Waals surface area contributed by atoms with Crippen molar-refractivity contribution in [2.75, 3.05) is 0 Å². The Bertz CT molecular complexity index is 1140. The first-order valence-electron chi connectivity index (χ1n) is 10.1. The molecule has 0 saturated carbocycles. The molecule has 33 heavy (non-hydrogen) atoms. The lowest BCUT2D eigenvalue weighted by Gasteiger charge is -2.34. The quantitative estimate of drug-likeness (QED) is 0.225. The molecule has 7 heteroatoms. The normalized spacial score (nSPS) is 11.0. The Labute approximate surface area is 202 Å². The minimum Gasteiger partial charge on any atom is -0.415 e. The molecule has 0 aliphatic carbocycles. The maximum absolute atomic E-state index is 11.2. The van der Waals surface area contributed by atoms with Crippen LogP contribution in [0.5, 0.6) is 11.5 Å². The number of benzene rings is 4. The summed E-state index contributed by atoms with van der Waals surface area (Å²) in [7, 11) is -2.77. The largest absolute Gasteiger partial charge is 0.415 e. The maximum atomic E-state index is 11.2. The van der Waals surface area contributed by atoms with Crippen LogP contribution in [0.25, 0.3) is 0 Å². The zero-order valence-corrected chi connectivity index (χ0v) is 19.8. The molecule has 0 aliphatic heterocycles. The zero-order valence-electron chi connectivity index (χ0n) is 17.3. The van der Waals surface area contributed by atoms with Gasteiger partial charge < -0.3 is 9.47 Å². The summed E-state index contributed by atoms with van der Waals surface area (Å²) in [5.74, 6) is 0.735. The van der Waals surface area contributed by atoms with Gasteiger partial charge in [0.1, 0.15) is 11.5 Å². The van der Waals surface area contributed by atoms with Gasteiger partial charge in [-0.15, -0.1) is 0 Å². The van der Waals surface area contributed by atoms with Crippen LogP contribution in [-0.2, 0) is 0 Å². The Morgan fingerprint density at radius 3 is 1.09 bits per heavy atom. The molecular weight excluding hydrogens is 475 g/mol. The second-order valence-corrected chi connectivity index (χ2v) is 11.6. The van der Waals surface area contributed by atoms with Gasteiger partial charge in [-0.3, -0.25) is 0 Å². The number of hydrogen-bond acceptors (Lipinski definition) is 4. The van der Waals surface area contributed by atoms with Crippen LogP contribution < -0.4 is 30.2 Å². The number of carbonyl (C=O) groups excluding carboxylic acids is 2. The Morgan fingerprint density at radius 2 is 0.788 bits per heavy atom. The summed E-state index contributed by atoms with van der Waals surface area (Å²) in [6, 6.07) is 35.4. The summed E-state index contributed by atoms with van der Waals surface area (Å²) in [5.41, 5.74) is -1.77. The molecular formula is C26H18Cl2O4Si. The number of ether oxygens (including phenoxy) is 2. The van der Waals surface area contributed by atoms with E-state index in [1.54, 1.807) is 24.3 Å². The van der Waals surface area contributed by atoms with Crippen molar-refractivity contribution in [2.24, 2.45) is 0 Å². The number of rotatable bonds is 6. The summed E-state index contributed by atoms with van der Waals surface area (Å²) in [6.45, 7) is 0. The summed E-state index contributed by atoms with van der Waals surface area (Å²) in [4.78, 5) is 22.3. The average Bonchev–Trinajstić information content (AvgIpc) is 2.82. The lowest BCUT2D eigenvalue weighted by molar-refractivity contribution is 0.224. The van der Waals surface area contributed by atoms with Crippen molar-refractivity contribution in [3.63, 3.8) is 0 Å². The van der Waals surface area contributed by atoms with E-state index in [2.05, 4.69) is 24.3 Å². The fraction of sp³-hybridized carbons (Fsp3) is 0. The van der Waals surface area contributed by atoms with E-state index in [4.69, 9.17) is 32.7 Å². The highest BCUT2D eigenvalue weighted by molar-refractivity contribution is 7.19. The van der Waals surface area contributed by atoms with Gasteiger partial charge in [0.15, 0.2) is 8.07 Å². The first kappa shape index (κ1) is 22.8. The van der Waals surface area contributed by atoms with Gasteiger partial charge >= 0.3 is 10.9 Å². The third-order valence-electron chi connectivity index (χ3n) is 5.38. The molecule has 0 heterocycles. The third-order valence-corrected chi connectivity index (χ3v) is 10.3. The highest BCUT2D eigenvalue weighted by Gasteiger charge is 2.41. The third kappa shape index (κ3) is 4.86. The number of hydrogen-bond donors (Lipinski definition) is 0. The van der Waals surface area contributed by atoms with Crippen LogP contribution in [-0.4, -0.2) is 18.9 Å². The van der Waals surface area contributed by atoms with Crippen LogP contribution in [0.1, 0.15) is 0 Å². The van der Waals surface area contributed by atoms with Crippen LogP contribution in [0.15, 0.2) is 109 Å². The highest BCUT2D eigenvalue weighted by Crippen LogP contribution is 2.16. The van der Waals surface area contributed by atoms with E-state index in [-0.39, 0.29) is 0 Å². The number of halogens is 2. The van der Waals surface area contributed by atoms with Gasteiger partial charge in [0.25, 0.3) is 0 Å². The van der Waals surface area contributed by atoms with E-state index in [9.17, 15) is 9.59 Å². The van der Waals surface area contributed by atoms with E-state index in [1.165, 1.54) is 10.4 Å². The van der Waals surface area contributed by atoms with Gasteiger partial charge in [-0.2, -0.15) is 0 Å². The molecule has 0 aromatic heterocycles. The molecule has 0 radical (unpaired) electrons. The molecule has 4 nitrogen and oxygen atoms in total. The standard InChI is InChI=1S/C26H18Cl2O4Si/c27-25(29)31-19-11-15-23(16-12-19)33(21-7-3-1-4-8-21,22-9-5-2-6-10-22)24-17-13-20(14-18-24)32-26(28)30/h1-18H. The molecule has 4 aromatic carbocycles. The van der Waals surface area contributed by atoms with Crippen LogP contribution >= 0.6 is 23.2 Å². The molecule has 4 aromatic rings. The first-order chi connectivity index (χ1) is 16.0. The average molecular weight is 493 g/mol. The second-order valence-electron chi connectivity index (χ2n) is 7.21. The van der Waals surface area contributed by atoms with E-state index in [0.29, 0.717) is 11.5 Å². The predicted octanol–water partition coefficient (Wildman–Crippen LogP) is 4.54. The Morgan fingerprint density at radius 1 is 0.485 bits per heavy atom. The summed E-state index contributed by atoms with van der Waals surface area (Å²) < 4.78 is 10.1. The van der Waals surface area contributed by atoms with Crippen molar-refractivity contribution in [3.8, 4) is 11.5 Å². The number of carbonyl (C=O) groups is 2. The molecule has 0 N–H and O–H groups in total. The monoisotopic (exact) mass is 492 g/mol. The van der Waals surface area contributed by atoms with Crippen molar-refractivity contribution in [1.29, 1.82) is 0 Å². The Hall–Kier alpha value is -3.38. The summed E-state index contributed by atoms with van der Waals surface area (Å²) in [5, 5.41) is 4.49. The minimum atomic E-state index is -2.77. The van der Waals surface area contributed by atoms with Gasteiger partial charge in [0, 0.05) is 23.2 Å². The molecule has 0 fully saturated rings. The van der Waals surface area contributed by atoms with Crippen molar-refractivity contribution < 1.29 is 19.1 Å². The predicted molar refractivity (Wildman–Crippen MR) is 134 cm³/mol. The molecule has 0 atom stereocenters. The highest BCUT2D eigenvalue weighted by atomic mass is 35.5. The van der Waals surface area contributed by atoms with Crippen molar-refractivity contribution >= 4 is 62.9 Å². The first-order valence-corrected chi connectivity index (χ1v) is 12.8. The smallest absolute Gasteiger partial charge is 0.409 e. The second kappa shape index (κ2) is 10.0. The van der Waals surface area contributed by atoms with Gasteiger partial charge in [-0.1, -0.05) is 84.9 Å². The molecule has 0 spiro atoms. The van der Waals surface area contributed by atoms with Crippen LogP contribution in [0.2, 0.25) is 0 Å². The molecule has 164 valence electrons. The van der Waals surface area contributed by atoms with Crippen LogP contribution in [0.4, 0.5) is 9.59 Å². The molecule has 4 rings (SSSR count). The fourth-order valence-electron chi connectivity index (χ4n) is 4.11. The zero-order chi connectivity index (χ0) is 23.3. The van der Waals surface area contributed by atoms with Crippen LogP contribution in [0.3, 0.4) is 0 Å². The molecule has 0 amide bonds. The van der Waals surface area contributed by atoms with E-state index in [0.717, 1.165) is 10.4 Å². The molecule has 0 aliphatic rings. The van der Waals surface area contributed by atoms with Gasteiger partial charge in [-0.25, -0.2) is 9.59 Å². The molecule has 0 bridgehead atoms. The maximum Gasteiger partial charge on any atom is 0.409 e. The Kier molecular flexibility index (Phi) is 6.94. The fourth-order valence-corrected chi connectivity index (χ4v) is 9.00. The SMILES string of the molecule is O=C(Cl)Oc1ccc([Si](c2ccccc2)(c2ccccc2)c2ccc(OC(=O)Cl)cc2)cc1. The van der Waals surface area contributed by atoms with E-state index >= 15 is 0 Å². The summed E-state index contributed by atoms with van der Waals surface area (Å²) in [6.07, 6.45) is 0. The topological polar surface area (TPSA) is 52.6 Å². The van der Waals surface area contributed by atoms with Crippen molar-refractivity contribution in [2.45, 2.75) is 0 Å². The lowest BCUT2D eigenvalue weighted by atomic mass is 10.3. The minimum absolute atomic E-state index is 0.368. The Balaban J connectivity index is 1.97. The lowest BCUT2D eigenvalue weighted by Crippen LogP contribution is -2.74. The van der Waals surface area contributed by atoms with Crippen LogP contribution in [0, 0.1) is 0 Å². The van der Waals surface area contributed by atoms with Crippen molar-refractivity contribution in [3.05, 3.63) is 109 Å². The van der Waals surface area contributed by atoms with Gasteiger partial charge in [-0.05, 0) is 45.0 Å². The van der Waals surface area contributed by atoms with Gasteiger partial charge in [0.2, 0.25) is 0 Å². The van der Waals surface area contributed by atoms with E-state index in [1.807, 2.05) is 60.7 Å².